The molecule has 0 atom stereocenters. The van der Waals surface area contributed by atoms with E-state index in [0.717, 1.165) is 0 Å². The van der Waals surface area contributed by atoms with Crippen LogP contribution in [0.2, 0.25) is 0 Å². The van der Waals surface area contributed by atoms with Crippen LogP contribution in [-0.2, 0) is 27.7 Å². The van der Waals surface area contributed by atoms with Crippen molar-refractivity contribution in [2.75, 3.05) is 19.8 Å². The zero-order valence-corrected chi connectivity index (χ0v) is 12.5. The highest BCUT2D eigenvalue weighted by Gasteiger charge is 2.29. The largest absolute Gasteiger partial charge is 0.529 e. The first-order valence-electron chi connectivity index (χ1n) is 5.52. The molecule has 0 bridgehead atoms. The Morgan fingerprint density at radius 2 is 1.61 bits per heavy atom. The van der Waals surface area contributed by atoms with Gasteiger partial charge in [0.1, 0.15) is 5.76 Å². The predicted molar refractivity (Wildman–Crippen MR) is 67.1 cm³/mol. The lowest BCUT2D eigenvalue weighted by atomic mass is 10.5. The number of hydrogen-bond donors (Lipinski definition) is 0. The summed E-state index contributed by atoms with van der Waals surface area (Å²) >= 11 is 5.71. The van der Waals surface area contributed by atoms with E-state index < -0.39 is 13.8 Å². The van der Waals surface area contributed by atoms with Crippen LogP contribution in [0.3, 0.4) is 0 Å². The van der Waals surface area contributed by atoms with Crippen molar-refractivity contribution in [1.82, 2.24) is 0 Å². The van der Waals surface area contributed by atoms with E-state index in [2.05, 4.69) is 4.74 Å². The Balaban J connectivity index is 4.87. The topological polar surface area (TPSA) is 71.1 Å². The zero-order chi connectivity index (χ0) is 14.2. The van der Waals surface area contributed by atoms with Gasteiger partial charge in [-0.05, 0) is 27.7 Å². The summed E-state index contributed by atoms with van der Waals surface area (Å²) in [5, 5.41) is -0.295. The molecule has 8 heteroatoms. The van der Waals surface area contributed by atoms with Crippen LogP contribution in [0, 0.1) is 0 Å². The molecule has 0 radical (unpaired) electrons. The Kier molecular flexibility index (Phi) is 8.27. The fourth-order valence-electron chi connectivity index (χ4n) is 0.952. The first-order valence-corrected chi connectivity index (χ1v) is 7.36. The summed E-state index contributed by atoms with van der Waals surface area (Å²) < 4.78 is 31.5. The summed E-state index contributed by atoms with van der Waals surface area (Å²) in [6.07, 6.45) is 0. The molecule has 0 rings (SSSR count). The maximum Gasteiger partial charge on any atom is 0.529 e. The molecular weight excluding hydrogens is 283 g/mol. The molecule has 106 valence electrons. The molecule has 0 aromatic carbocycles. The highest BCUT2D eigenvalue weighted by Crippen LogP contribution is 2.51. The van der Waals surface area contributed by atoms with E-state index in [-0.39, 0.29) is 30.6 Å². The molecule has 18 heavy (non-hydrogen) atoms. The third kappa shape index (κ3) is 5.87. The number of carbonyl (C=O) groups excluding carboxylic acids is 1. The fraction of sp³-hybridized carbons (Fsp3) is 0.700. The molecule has 0 saturated carbocycles. The van der Waals surface area contributed by atoms with Gasteiger partial charge in [0.05, 0.1) is 19.8 Å². The summed E-state index contributed by atoms with van der Waals surface area (Å²) in [5.74, 6) is -0.823. The van der Waals surface area contributed by atoms with Crippen molar-refractivity contribution >= 4 is 25.4 Å². The molecule has 0 amide bonds. The zero-order valence-electron chi connectivity index (χ0n) is 10.9. The fourth-order valence-corrected chi connectivity index (χ4v) is 2.34. The van der Waals surface area contributed by atoms with Crippen LogP contribution in [0.4, 0.5) is 0 Å². The SMILES string of the molecule is CCOC(=O)/C(Cl)=C(/C)OP(=O)(OCC)OCC. The van der Waals surface area contributed by atoms with Crippen molar-refractivity contribution in [1.29, 1.82) is 0 Å². The third-order valence-electron chi connectivity index (χ3n) is 1.59. The first kappa shape index (κ1) is 17.4. The maximum absolute atomic E-state index is 12.0. The van der Waals surface area contributed by atoms with E-state index in [1.807, 2.05) is 0 Å². The molecule has 0 fully saturated rings. The van der Waals surface area contributed by atoms with Crippen molar-refractivity contribution in [3.63, 3.8) is 0 Å². The summed E-state index contributed by atoms with van der Waals surface area (Å²) in [7, 11) is -3.74. The molecule has 0 spiro atoms. The average Bonchev–Trinajstić information content (AvgIpc) is 2.28. The van der Waals surface area contributed by atoms with E-state index >= 15 is 0 Å². The molecule has 0 aromatic rings. The number of ether oxygens (including phenoxy) is 1. The Morgan fingerprint density at radius 1 is 1.11 bits per heavy atom. The van der Waals surface area contributed by atoms with E-state index in [1.54, 1.807) is 20.8 Å². The number of hydrogen-bond acceptors (Lipinski definition) is 6. The number of phosphoric ester groups is 1. The second-order valence-corrected chi connectivity index (χ2v) is 4.94. The molecule has 6 nitrogen and oxygen atoms in total. The summed E-state index contributed by atoms with van der Waals surface area (Å²) in [6.45, 7) is 6.76. The van der Waals surface area contributed by atoms with E-state index in [1.165, 1.54) is 6.92 Å². The smallest absolute Gasteiger partial charge is 0.462 e. The van der Waals surface area contributed by atoms with Crippen molar-refractivity contribution in [3.8, 4) is 0 Å². The number of halogens is 1. The maximum atomic E-state index is 12.0. The quantitative estimate of drug-likeness (QED) is 0.297. The molecule has 0 unspecified atom stereocenters. The molecule has 0 aliphatic heterocycles. The van der Waals surface area contributed by atoms with Gasteiger partial charge in [0, 0.05) is 0 Å². The van der Waals surface area contributed by atoms with Crippen molar-refractivity contribution in [2.45, 2.75) is 27.7 Å². The third-order valence-corrected chi connectivity index (χ3v) is 3.65. The first-order chi connectivity index (χ1) is 8.40. The van der Waals surface area contributed by atoms with Gasteiger partial charge in [0.2, 0.25) is 0 Å². The minimum Gasteiger partial charge on any atom is -0.462 e. The van der Waals surface area contributed by atoms with Crippen LogP contribution < -0.4 is 0 Å². The van der Waals surface area contributed by atoms with E-state index in [4.69, 9.17) is 25.2 Å². The average molecular weight is 301 g/mol. The lowest BCUT2D eigenvalue weighted by molar-refractivity contribution is -0.137. The van der Waals surface area contributed by atoms with Crippen molar-refractivity contribution in [2.24, 2.45) is 0 Å². The number of carbonyl (C=O) groups is 1. The van der Waals surface area contributed by atoms with Crippen LogP contribution >= 0.6 is 19.4 Å². The van der Waals surface area contributed by atoms with Crippen LogP contribution in [0.15, 0.2) is 10.8 Å². The molecule has 0 N–H and O–H groups in total. The number of allylic oxidation sites excluding steroid dienone is 1. The lowest BCUT2D eigenvalue weighted by Gasteiger charge is -2.17. The van der Waals surface area contributed by atoms with Crippen molar-refractivity contribution < 1.29 is 27.7 Å². The van der Waals surface area contributed by atoms with Gasteiger partial charge >= 0.3 is 13.8 Å². The normalized spacial score (nSPS) is 12.9. The standard InChI is InChI=1S/C10H18ClO6P/c1-5-14-10(12)9(11)8(4)17-18(13,15-6-2)16-7-3/h5-7H2,1-4H3/b9-8+. The Hall–Kier alpha value is -0.550. The minimum atomic E-state index is -3.74. The van der Waals surface area contributed by atoms with Gasteiger partial charge in [-0.25, -0.2) is 9.36 Å². The number of phosphoric acid groups is 1. The second-order valence-electron chi connectivity index (χ2n) is 2.96. The Labute approximate surface area is 112 Å². The van der Waals surface area contributed by atoms with Gasteiger partial charge in [0.25, 0.3) is 0 Å². The van der Waals surface area contributed by atoms with Gasteiger partial charge in [0.15, 0.2) is 5.03 Å². The second kappa shape index (κ2) is 8.53. The van der Waals surface area contributed by atoms with Gasteiger partial charge in [-0.2, -0.15) is 0 Å². The molecule has 0 aliphatic carbocycles. The van der Waals surface area contributed by atoms with Gasteiger partial charge in [-0.15, -0.1) is 0 Å². The highest BCUT2D eigenvalue weighted by molar-refractivity contribution is 7.48. The lowest BCUT2D eigenvalue weighted by Crippen LogP contribution is -2.07. The van der Waals surface area contributed by atoms with Crippen LogP contribution in [0.25, 0.3) is 0 Å². The molecular formula is C10H18ClO6P. The van der Waals surface area contributed by atoms with Crippen LogP contribution in [0.1, 0.15) is 27.7 Å². The molecule has 0 aliphatic rings. The summed E-state index contributed by atoms with van der Waals surface area (Å²) in [4.78, 5) is 11.3. The highest BCUT2D eigenvalue weighted by atomic mass is 35.5. The summed E-state index contributed by atoms with van der Waals surface area (Å²) in [5.41, 5.74) is 0. The number of rotatable bonds is 8. The number of esters is 1. The minimum absolute atomic E-state index is 0.0691. The van der Waals surface area contributed by atoms with Crippen molar-refractivity contribution in [3.05, 3.63) is 10.8 Å². The van der Waals surface area contributed by atoms with E-state index in [9.17, 15) is 9.36 Å². The van der Waals surface area contributed by atoms with Gasteiger partial charge in [-0.3, -0.25) is 9.05 Å². The van der Waals surface area contributed by atoms with Crippen LogP contribution in [-0.4, -0.2) is 25.8 Å². The predicted octanol–water partition coefficient (Wildman–Crippen LogP) is 3.22. The van der Waals surface area contributed by atoms with Crippen LogP contribution in [0.5, 0.6) is 0 Å². The Bertz CT molecular complexity index is 344. The van der Waals surface area contributed by atoms with E-state index in [0.29, 0.717) is 0 Å². The molecule has 0 aromatic heterocycles. The molecule has 0 heterocycles. The Morgan fingerprint density at radius 3 is 2.00 bits per heavy atom. The summed E-state index contributed by atoms with van der Waals surface area (Å²) in [6, 6.07) is 0. The van der Waals surface area contributed by atoms with Gasteiger partial charge < -0.3 is 9.26 Å². The molecule has 0 saturated heterocycles. The van der Waals surface area contributed by atoms with Gasteiger partial charge in [-0.1, -0.05) is 11.6 Å². The monoisotopic (exact) mass is 300 g/mol.